The Morgan fingerprint density at radius 3 is 2.50 bits per heavy atom. The van der Waals surface area contributed by atoms with Gasteiger partial charge in [-0.15, -0.1) is 0 Å². The second-order valence-electron chi connectivity index (χ2n) is 7.68. The van der Waals surface area contributed by atoms with Gasteiger partial charge in [-0.2, -0.15) is 28.3 Å². The lowest BCUT2D eigenvalue weighted by atomic mass is 10.1. The number of carbonyl (C=O) groups is 1. The van der Waals surface area contributed by atoms with Gasteiger partial charge in [-0.25, -0.2) is 0 Å². The lowest BCUT2D eigenvalue weighted by molar-refractivity contribution is -0.138. The highest BCUT2D eigenvalue weighted by molar-refractivity contribution is 8.35. The number of alkyl halides is 3. The number of hydrogen-bond acceptors (Lipinski definition) is 2. The predicted molar refractivity (Wildman–Crippen MR) is 107 cm³/mol. The van der Waals surface area contributed by atoms with Gasteiger partial charge in [0.1, 0.15) is 5.69 Å². The van der Waals surface area contributed by atoms with Gasteiger partial charge in [-0.3, -0.25) is 9.48 Å². The van der Waals surface area contributed by atoms with Crippen LogP contribution in [0, 0.1) is 18.1 Å². The molecule has 0 bridgehead atoms. The van der Waals surface area contributed by atoms with Gasteiger partial charge in [-0.05, 0) is 61.6 Å². The summed E-state index contributed by atoms with van der Waals surface area (Å²) in [7, 11) is -1.08. The molecular formula is C20H22F3N3OS. The first-order valence-corrected chi connectivity index (χ1v) is 11.5. The molecule has 4 nitrogen and oxygen atoms in total. The predicted octanol–water partition coefficient (Wildman–Crippen LogP) is 4.43. The van der Waals surface area contributed by atoms with Gasteiger partial charge in [0.2, 0.25) is 0 Å². The quantitative estimate of drug-likeness (QED) is 0.654. The zero-order valence-corrected chi connectivity index (χ0v) is 17.2. The lowest BCUT2D eigenvalue weighted by Gasteiger charge is -2.32. The summed E-state index contributed by atoms with van der Waals surface area (Å²) >= 11 is 0. The lowest BCUT2D eigenvalue weighted by Crippen LogP contribution is -2.43. The van der Waals surface area contributed by atoms with E-state index in [1.54, 1.807) is 10.9 Å². The van der Waals surface area contributed by atoms with Crippen LogP contribution in [0.15, 0.2) is 24.4 Å². The Hall–Kier alpha value is -2.40. The third kappa shape index (κ3) is 3.90. The number of rotatable bonds is 1. The summed E-state index contributed by atoms with van der Waals surface area (Å²) in [6.45, 7) is 3.65. The topological polar surface area (TPSA) is 38.1 Å². The summed E-state index contributed by atoms with van der Waals surface area (Å²) < 4.78 is 40.8. The summed E-state index contributed by atoms with van der Waals surface area (Å²) in [6.07, 6.45) is 3.33. The zero-order valence-electron chi connectivity index (χ0n) is 16.4. The Balaban J connectivity index is 2.02. The maximum absolute atomic E-state index is 13.1. The number of halogens is 3. The first kappa shape index (κ1) is 20.3. The number of aryl methyl sites for hydroxylation is 1. The van der Waals surface area contributed by atoms with Gasteiger partial charge in [-0.1, -0.05) is 5.92 Å². The monoisotopic (exact) mass is 409 g/mol. The molecule has 3 rings (SSSR count). The average molecular weight is 409 g/mol. The van der Waals surface area contributed by atoms with Crippen LogP contribution in [0.1, 0.15) is 40.1 Å². The highest BCUT2D eigenvalue weighted by Gasteiger charge is 2.35. The fourth-order valence-corrected chi connectivity index (χ4v) is 3.53. The molecular weight excluding hydrogens is 387 g/mol. The fourth-order valence-electron chi connectivity index (χ4n) is 3.12. The van der Waals surface area contributed by atoms with E-state index in [1.165, 1.54) is 24.0 Å². The van der Waals surface area contributed by atoms with Crippen molar-refractivity contribution in [1.82, 2.24) is 9.78 Å². The molecule has 0 N–H and O–H groups in total. The van der Waals surface area contributed by atoms with Crippen LogP contribution in [0.25, 0.3) is 0 Å². The van der Waals surface area contributed by atoms with Crippen LogP contribution >= 0.6 is 10.0 Å². The van der Waals surface area contributed by atoms with Crippen molar-refractivity contribution in [3.63, 3.8) is 0 Å². The number of aromatic nitrogens is 2. The standard InChI is InChI=1S/C20H22F3N3OS/c1-13-10-16(6-7-17(13)20(21,22)23)25-12-14(2)26-18(19(25)27)15(11-24-26)8-9-28(3,4)5/h6-7,10-11,14H,12H2,1-5H3/t14-/m0/s1. The van der Waals surface area contributed by atoms with Crippen molar-refractivity contribution >= 4 is 21.6 Å². The van der Waals surface area contributed by atoms with E-state index in [9.17, 15) is 18.0 Å². The Labute approximate surface area is 164 Å². The van der Waals surface area contributed by atoms with Gasteiger partial charge >= 0.3 is 6.18 Å². The van der Waals surface area contributed by atoms with Crippen LogP contribution in [0.3, 0.4) is 0 Å². The van der Waals surface area contributed by atoms with Crippen molar-refractivity contribution in [2.24, 2.45) is 0 Å². The minimum absolute atomic E-state index is 0.0841. The second kappa shape index (κ2) is 6.89. The van der Waals surface area contributed by atoms with Gasteiger partial charge in [0, 0.05) is 12.2 Å². The van der Waals surface area contributed by atoms with Gasteiger partial charge in [0.25, 0.3) is 5.91 Å². The molecule has 0 unspecified atom stereocenters. The van der Waals surface area contributed by atoms with Crippen LogP contribution in [-0.4, -0.2) is 41.0 Å². The molecule has 1 aliphatic heterocycles. The molecule has 2 heterocycles. The number of fused-ring (bicyclic) bond motifs is 1. The Morgan fingerprint density at radius 1 is 1.25 bits per heavy atom. The third-order valence-electron chi connectivity index (χ3n) is 4.43. The molecule has 0 aliphatic carbocycles. The largest absolute Gasteiger partial charge is 0.416 e. The Bertz CT molecular complexity index is 993. The molecule has 1 aliphatic rings. The highest BCUT2D eigenvalue weighted by atomic mass is 32.3. The van der Waals surface area contributed by atoms with Crippen molar-refractivity contribution in [2.75, 3.05) is 30.2 Å². The molecule has 2 aromatic rings. The van der Waals surface area contributed by atoms with E-state index in [2.05, 4.69) is 35.0 Å². The molecule has 8 heteroatoms. The van der Waals surface area contributed by atoms with Crippen molar-refractivity contribution in [3.05, 3.63) is 46.8 Å². The minimum atomic E-state index is -4.42. The molecule has 0 saturated heterocycles. The number of anilines is 1. The van der Waals surface area contributed by atoms with E-state index in [1.807, 2.05) is 6.92 Å². The van der Waals surface area contributed by atoms with Gasteiger partial charge in [0.15, 0.2) is 0 Å². The van der Waals surface area contributed by atoms with E-state index >= 15 is 0 Å². The third-order valence-corrected chi connectivity index (χ3v) is 5.14. The molecule has 1 aromatic heterocycles. The van der Waals surface area contributed by atoms with Crippen LogP contribution in [0.4, 0.5) is 18.9 Å². The molecule has 1 amide bonds. The number of nitrogens with zero attached hydrogens (tertiary/aromatic N) is 3. The second-order valence-corrected chi connectivity index (χ2v) is 11.6. The molecule has 0 fully saturated rings. The number of benzene rings is 1. The van der Waals surface area contributed by atoms with Gasteiger partial charge in [0.05, 0.1) is 23.4 Å². The summed E-state index contributed by atoms with van der Waals surface area (Å²) in [5, 5.41) is 7.49. The van der Waals surface area contributed by atoms with Crippen LogP contribution in [0.5, 0.6) is 0 Å². The van der Waals surface area contributed by atoms with E-state index in [0.29, 0.717) is 23.5 Å². The summed E-state index contributed by atoms with van der Waals surface area (Å²) in [5.74, 6) is 2.76. The summed E-state index contributed by atoms with van der Waals surface area (Å²) in [6, 6.07) is 3.66. The first-order valence-electron chi connectivity index (χ1n) is 8.67. The maximum atomic E-state index is 13.1. The number of carbonyl (C=O) groups excluding carboxylic acids is 1. The van der Waals surface area contributed by atoms with Crippen LogP contribution in [-0.2, 0) is 6.18 Å². The molecule has 28 heavy (non-hydrogen) atoms. The van der Waals surface area contributed by atoms with E-state index < -0.39 is 21.8 Å². The first-order chi connectivity index (χ1) is 12.9. The summed E-state index contributed by atoms with van der Waals surface area (Å²) in [4.78, 5) is 14.6. The van der Waals surface area contributed by atoms with Crippen molar-refractivity contribution in [3.8, 4) is 11.2 Å². The molecule has 0 saturated carbocycles. The maximum Gasteiger partial charge on any atom is 0.416 e. The SMILES string of the molecule is Cc1cc(N2C[C@H](C)n3ncc(C#CS(C)(C)C)c3C2=O)ccc1C(F)(F)F. The molecule has 0 radical (unpaired) electrons. The molecule has 1 atom stereocenters. The Morgan fingerprint density at radius 2 is 1.93 bits per heavy atom. The van der Waals surface area contributed by atoms with E-state index in [-0.39, 0.29) is 17.5 Å². The van der Waals surface area contributed by atoms with Crippen molar-refractivity contribution in [2.45, 2.75) is 26.1 Å². The van der Waals surface area contributed by atoms with E-state index in [0.717, 1.165) is 6.07 Å². The zero-order chi connectivity index (χ0) is 20.9. The summed E-state index contributed by atoms with van der Waals surface area (Å²) in [5.41, 5.74) is 0.759. The van der Waals surface area contributed by atoms with Crippen LogP contribution in [0.2, 0.25) is 0 Å². The highest BCUT2D eigenvalue weighted by Crippen LogP contribution is 2.36. The molecule has 0 spiro atoms. The minimum Gasteiger partial charge on any atom is -0.305 e. The molecule has 1 aromatic carbocycles. The molecule has 150 valence electrons. The smallest absolute Gasteiger partial charge is 0.305 e. The fraction of sp³-hybridized carbons (Fsp3) is 0.400. The number of hydrogen-bond donors (Lipinski definition) is 0. The normalized spacial score (nSPS) is 17.8. The van der Waals surface area contributed by atoms with Crippen molar-refractivity contribution in [1.29, 1.82) is 0 Å². The van der Waals surface area contributed by atoms with Gasteiger partial charge < -0.3 is 4.90 Å². The Kier molecular flexibility index (Phi) is 5.00. The average Bonchev–Trinajstić information content (AvgIpc) is 2.99. The van der Waals surface area contributed by atoms with Crippen molar-refractivity contribution < 1.29 is 18.0 Å². The number of amides is 1. The van der Waals surface area contributed by atoms with E-state index in [4.69, 9.17) is 0 Å². The van der Waals surface area contributed by atoms with Crippen LogP contribution < -0.4 is 4.90 Å².